The fourth-order valence-electron chi connectivity index (χ4n) is 2.74. The number of nitrogens with zero attached hydrogens (tertiary/aromatic N) is 3. The topological polar surface area (TPSA) is 47.5 Å². The van der Waals surface area contributed by atoms with Gasteiger partial charge in [0.1, 0.15) is 11.3 Å². The largest absolute Gasteiger partial charge is 0.493 e. The van der Waals surface area contributed by atoms with E-state index < -0.39 is 11.7 Å². The van der Waals surface area contributed by atoms with Gasteiger partial charge in [-0.05, 0) is 24.5 Å². The van der Waals surface area contributed by atoms with Gasteiger partial charge in [-0.15, -0.1) is 0 Å². The number of hydrogen-bond donors (Lipinski definition) is 0. The summed E-state index contributed by atoms with van der Waals surface area (Å²) in [5.41, 5.74) is -0.397. The van der Waals surface area contributed by atoms with Gasteiger partial charge in [-0.2, -0.15) is 18.2 Å². The Labute approximate surface area is 176 Å². The van der Waals surface area contributed by atoms with Gasteiger partial charge in [0.15, 0.2) is 5.82 Å². The summed E-state index contributed by atoms with van der Waals surface area (Å²) in [6.07, 6.45) is 0.159. The second-order valence-corrected chi connectivity index (χ2v) is 7.56. The van der Waals surface area contributed by atoms with Crippen molar-refractivity contribution in [2.45, 2.75) is 52.6 Å². The van der Waals surface area contributed by atoms with Crippen LogP contribution in [0.5, 0.6) is 11.8 Å². The molecule has 0 bridgehead atoms. The quantitative estimate of drug-likeness (QED) is 0.398. The minimum Gasteiger partial charge on any atom is -0.493 e. The van der Waals surface area contributed by atoms with Crippen molar-refractivity contribution in [1.82, 2.24) is 9.97 Å². The van der Waals surface area contributed by atoms with Crippen LogP contribution in [0, 0.1) is 5.92 Å². The van der Waals surface area contributed by atoms with Crippen LogP contribution in [0.4, 0.5) is 24.7 Å². The Balaban J connectivity index is 2.25. The molecule has 0 amide bonds. The van der Waals surface area contributed by atoms with Gasteiger partial charge < -0.3 is 14.4 Å². The van der Waals surface area contributed by atoms with Crippen LogP contribution in [0.15, 0.2) is 30.5 Å². The molecule has 0 radical (unpaired) electrons. The zero-order chi connectivity index (χ0) is 22.1. The lowest BCUT2D eigenvalue weighted by Crippen LogP contribution is -2.19. The molecule has 2 rings (SSSR count). The highest BCUT2D eigenvalue weighted by molar-refractivity contribution is 5.64. The molecule has 2 aromatic rings. The van der Waals surface area contributed by atoms with E-state index in [1.807, 2.05) is 13.8 Å². The summed E-state index contributed by atoms with van der Waals surface area (Å²) in [6.45, 7) is 7.04. The van der Waals surface area contributed by atoms with Crippen molar-refractivity contribution in [2.24, 2.45) is 5.92 Å². The van der Waals surface area contributed by atoms with Crippen LogP contribution in [-0.4, -0.2) is 30.2 Å². The first kappa shape index (κ1) is 23.8. The molecule has 0 saturated heterocycles. The smallest absolute Gasteiger partial charge is 0.421 e. The average Bonchev–Trinajstić information content (AvgIpc) is 2.71. The van der Waals surface area contributed by atoms with E-state index in [1.165, 1.54) is 11.9 Å². The van der Waals surface area contributed by atoms with E-state index in [4.69, 9.17) is 9.47 Å². The van der Waals surface area contributed by atoms with Crippen molar-refractivity contribution in [2.75, 3.05) is 25.2 Å². The summed E-state index contributed by atoms with van der Waals surface area (Å²) in [7, 11) is 1.53. The van der Waals surface area contributed by atoms with E-state index in [2.05, 4.69) is 16.9 Å². The van der Waals surface area contributed by atoms with Gasteiger partial charge in [0, 0.05) is 25.0 Å². The molecule has 0 spiro atoms. The van der Waals surface area contributed by atoms with E-state index in [-0.39, 0.29) is 11.8 Å². The van der Waals surface area contributed by atoms with Crippen LogP contribution in [-0.2, 0) is 6.18 Å². The Morgan fingerprint density at radius 2 is 1.87 bits per heavy atom. The van der Waals surface area contributed by atoms with Crippen molar-refractivity contribution in [3.63, 3.8) is 0 Å². The van der Waals surface area contributed by atoms with Crippen molar-refractivity contribution in [3.05, 3.63) is 36.0 Å². The molecule has 8 heteroatoms. The summed E-state index contributed by atoms with van der Waals surface area (Å²) < 4.78 is 51.9. The van der Waals surface area contributed by atoms with Crippen molar-refractivity contribution in [3.8, 4) is 11.8 Å². The Kier molecular flexibility index (Phi) is 8.74. The van der Waals surface area contributed by atoms with Crippen molar-refractivity contribution in [1.29, 1.82) is 0 Å². The third-order valence-electron chi connectivity index (χ3n) is 4.39. The third-order valence-corrected chi connectivity index (χ3v) is 4.39. The molecule has 1 heterocycles. The first-order valence-corrected chi connectivity index (χ1v) is 10.3. The zero-order valence-corrected chi connectivity index (χ0v) is 18.0. The number of hydrogen-bond acceptors (Lipinski definition) is 5. The maximum absolute atomic E-state index is 13.6. The molecule has 1 aromatic heterocycles. The zero-order valence-electron chi connectivity index (χ0n) is 18.0. The lowest BCUT2D eigenvalue weighted by molar-refractivity contribution is -0.137. The molecule has 30 heavy (non-hydrogen) atoms. The minimum absolute atomic E-state index is 0.0615. The van der Waals surface area contributed by atoms with E-state index in [0.717, 1.165) is 31.9 Å². The van der Waals surface area contributed by atoms with Gasteiger partial charge in [-0.1, -0.05) is 46.1 Å². The summed E-state index contributed by atoms with van der Waals surface area (Å²) in [4.78, 5) is 9.20. The monoisotopic (exact) mass is 425 g/mol. The van der Waals surface area contributed by atoms with Crippen LogP contribution in [0.3, 0.4) is 0 Å². The normalized spacial score (nSPS) is 11.6. The minimum atomic E-state index is -4.59. The second kappa shape index (κ2) is 11.0. The Hall–Kier alpha value is -2.51. The summed E-state index contributed by atoms with van der Waals surface area (Å²) in [5.74, 6) is 0.659. The average molecular weight is 425 g/mol. The molecule has 0 aliphatic heterocycles. The third kappa shape index (κ3) is 7.07. The van der Waals surface area contributed by atoms with Crippen LogP contribution in [0.1, 0.15) is 52.0 Å². The maximum atomic E-state index is 13.6. The van der Waals surface area contributed by atoms with E-state index in [0.29, 0.717) is 30.6 Å². The number of aromatic nitrogens is 2. The van der Waals surface area contributed by atoms with Gasteiger partial charge in [0.2, 0.25) is 0 Å². The number of ether oxygens (including phenoxy) is 2. The molecule has 0 aliphatic carbocycles. The first-order valence-electron chi connectivity index (χ1n) is 10.3. The fourth-order valence-corrected chi connectivity index (χ4v) is 2.74. The van der Waals surface area contributed by atoms with Crippen LogP contribution >= 0.6 is 0 Å². The molecule has 0 N–H and O–H groups in total. The Morgan fingerprint density at radius 3 is 2.53 bits per heavy atom. The van der Waals surface area contributed by atoms with Crippen molar-refractivity contribution >= 4 is 11.5 Å². The molecular formula is C22H30F3N3O2. The van der Waals surface area contributed by atoms with Gasteiger partial charge in [0.05, 0.1) is 13.2 Å². The van der Waals surface area contributed by atoms with Crippen LogP contribution in [0.2, 0.25) is 0 Å². The predicted octanol–water partition coefficient (Wildman–Crippen LogP) is 6.26. The van der Waals surface area contributed by atoms with Crippen LogP contribution < -0.4 is 14.4 Å². The molecule has 0 aliphatic rings. The maximum Gasteiger partial charge on any atom is 0.421 e. The number of benzene rings is 1. The Bertz CT molecular complexity index is 797. The fraction of sp³-hybridized carbons (Fsp3) is 0.545. The number of rotatable bonds is 11. The van der Waals surface area contributed by atoms with E-state index >= 15 is 0 Å². The Morgan fingerprint density at radius 1 is 1.10 bits per heavy atom. The molecule has 5 nitrogen and oxygen atoms in total. The van der Waals surface area contributed by atoms with E-state index in [9.17, 15) is 13.2 Å². The molecule has 0 fully saturated rings. The standard InChI is InChI=1S/C22H30F3N3O2/c1-5-6-7-8-12-29-21-26-14-19(22(23,24)25)20(27-21)28(4)17-10-9-11-18(13-17)30-15-16(2)3/h9-11,13-14,16H,5-8,12,15H2,1-4H3. The predicted molar refractivity (Wildman–Crippen MR) is 112 cm³/mol. The highest BCUT2D eigenvalue weighted by atomic mass is 19.4. The highest BCUT2D eigenvalue weighted by Gasteiger charge is 2.36. The number of anilines is 2. The van der Waals surface area contributed by atoms with E-state index in [1.54, 1.807) is 24.3 Å². The summed E-state index contributed by atoms with van der Waals surface area (Å²) in [6, 6.07) is 6.84. The summed E-state index contributed by atoms with van der Waals surface area (Å²) in [5, 5.41) is 0. The number of alkyl halides is 3. The highest BCUT2D eigenvalue weighted by Crippen LogP contribution is 2.38. The number of unbranched alkanes of at least 4 members (excludes halogenated alkanes) is 3. The lowest BCUT2D eigenvalue weighted by atomic mass is 10.2. The van der Waals surface area contributed by atoms with Gasteiger partial charge in [0.25, 0.3) is 0 Å². The van der Waals surface area contributed by atoms with Crippen molar-refractivity contribution < 1.29 is 22.6 Å². The molecular weight excluding hydrogens is 395 g/mol. The lowest BCUT2D eigenvalue weighted by Gasteiger charge is -2.23. The summed E-state index contributed by atoms with van der Waals surface area (Å²) >= 11 is 0. The molecule has 0 atom stereocenters. The molecule has 0 unspecified atom stereocenters. The van der Waals surface area contributed by atoms with Gasteiger partial charge >= 0.3 is 12.2 Å². The molecule has 1 aromatic carbocycles. The van der Waals surface area contributed by atoms with Gasteiger partial charge in [-0.3, -0.25) is 0 Å². The number of halogens is 3. The molecule has 0 saturated carbocycles. The molecule has 166 valence electrons. The SMILES string of the molecule is CCCCCCOc1ncc(C(F)(F)F)c(N(C)c2cccc(OCC(C)C)c2)n1. The van der Waals surface area contributed by atoms with Gasteiger partial charge in [-0.25, -0.2) is 4.98 Å². The second-order valence-electron chi connectivity index (χ2n) is 7.56. The van der Waals surface area contributed by atoms with Crippen LogP contribution in [0.25, 0.3) is 0 Å². The first-order chi connectivity index (χ1) is 14.2.